The molecule has 0 saturated heterocycles. The Morgan fingerprint density at radius 3 is 2.85 bits per heavy atom. The summed E-state index contributed by atoms with van der Waals surface area (Å²) < 4.78 is 0. The first-order chi connectivity index (χ1) is 9.74. The van der Waals surface area contributed by atoms with E-state index in [1.165, 1.54) is 4.88 Å². The highest BCUT2D eigenvalue weighted by Gasteiger charge is 2.12. The number of anilines is 2. The van der Waals surface area contributed by atoms with Gasteiger partial charge in [0.2, 0.25) is 5.95 Å². The van der Waals surface area contributed by atoms with Gasteiger partial charge in [-0.05, 0) is 31.7 Å². The van der Waals surface area contributed by atoms with E-state index < -0.39 is 0 Å². The Morgan fingerprint density at radius 1 is 1.35 bits per heavy atom. The van der Waals surface area contributed by atoms with Gasteiger partial charge in [-0.3, -0.25) is 0 Å². The van der Waals surface area contributed by atoms with Gasteiger partial charge in [0.15, 0.2) is 0 Å². The van der Waals surface area contributed by atoms with Crippen molar-refractivity contribution in [2.75, 3.05) is 23.3 Å². The molecule has 2 aromatic heterocycles. The summed E-state index contributed by atoms with van der Waals surface area (Å²) in [4.78, 5) is 12.7. The number of thiophene rings is 1. The molecule has 2 aromatic rings. The van der Waals surface area contributed by atoms with Gasteiger partial charge in [0, 0.05) is 29.7 Å². The van der Waals surface area contributed by atoms with Gasteiger partial charge in [0.05, 0.1) is 6.54 Å². The Bertz CT molecular complexity index is 525. The van der Waals surface area contributed by atoms with E-state index in [2.05, 4.69) is 58.5 Å². The van der Waals surface area contributed by atoms with Gasteiger partial charge in [0.25, 0.3) is 0 Å². The zero-order valence-electron chi connectivity index (χ0n) is 12.4. The maximum atomic E-state index is 4.67. The molecular weight excluding hydrogens is 268 g/mol. The van der Waals surface area contributed by atoms with Crippen LogP contribution in [-0.4, -0.2) is 23.1 Å². The molecule has 20 heavy (non-hydrogen) atoms. The van der Waals surface area contributed by atoms with E-state index in [0.717, 1.165) is 43.4 Å². The second-order valence-electron chi connectivity index (χ2n) is 4.72. The predicted octanol–water partition coefficient (Wildman–Crippen LogP) is 3.69. The highest BCUT2D eigenvalue weighted by Crippen LogP contribution is 2.21. The Morgan fingerprint density at radius 2 is 2.20 bits per heavy atom. The standard InChI is InChI=1S/C15H22N4S/c1-4-8-16-15-17-10-12(3)14(18-15)19(5-2)11-13-7-6-9-20-13/h6-7,9-10H,4-5,8,11H2,1-3H3,(H,16,17,18). The minimum Gasteiger partial charge on any atom is -0.354 e. The summed E-state index contributed by atoms with van der Waals surface area (Å²) in [7, 11) is 0. The van der Waals surface area contributed by atoms with Crippen LogP contribution in [0.1, 0.15) is 30.7 Å². The van der Waals surface area contributed by atoms with E-state index >= 15 is 0 Å². The first-order valence-electron chi connectivity index (χ1n) is 7.09. The zero-order valence-corrected chi connectivity index (χ0v) is 13.2. The Balaban J connectivity index is 2.19. The largest absolute Gasteiger partial charge is 0.354 e. The van der Waals surface area contributed by atoms with Crippen LogP contribution in [-0.2, 0) is 6.54 Å². The molecule has 1 N–H and O–H groups in total. The first kappa shape index (κ1) is 14.8. The molecule has 4 nitrogen and oxygen atoms in total. The van der Waals surface area contributed by atoms with Crippen LogP contribution in [0.2, 0.25) is 0 Å². The van der Waals surface area contributed by atoms with Crippen LogP contribution in [0.5, 0.6) is 0 Å². The predicted molar refractivity (Wildman–Crippen MR) is 86.6 cm³/mol. The van der Waals surface area contributed by atoms with Crippen molar-refractivity contribution < 1.29 is 0 Å². The van der Waals surface area contributed by atoms with Crippen molar-refractivity contribution in [1.29, 1.82) is 0 Å². The molecule has 0 saturated carbocycles. The van der Waals surface area contributed by atoms with Gasteiger partial charge >= 0.3 is 0 Å². The van der Waals surface area contributed by atoms with Crippen molar-refractivity contribution in [3.63, 3.8) is 0 Å². The minimum atomic E-state index is 0.720. The van der Waals surface area contributed by atoms with Crippen molar-refractivity contribution >= 4 is 23.1 Å². The summed E-state index contributed by atoms with van der Waals surface area (Å²) in [6.45, 7) is 9.10. The lowest BCUT2D eigenvalue weighted by molar-refractivity contribution is 0.812. The number of aryl methyl sites for hydroxylation is 1. The number of hydrogen-bond acceptors (Lipinski definition) is 5. The third kappa shape index (κ3) is 3.70. The molecule has 0 aliphatic heterocycles. The summed E-state index contributed by atoms with van der Waals surface area (Å²) in [6, 6.07) is 4.26. The summed E-state index contributed by atoms with van der Waals surface area (Å²) in [5.74, 6) is 1.74. The molecular formula is C15H22N4S. The first-order valence-corrected chi connectivity index (χ1v) is 7.97. The molecule has 0 radical (unpaired) electrons. The lowest BCUT2D eigenvalue weighted by Gasteiger charge is -2.23. The molecule has 5 heteroatoms. The average molecular weight is 290 g/mol. The Hall–Kier alpha value is -1.62. The maximum Gasteiger partial charge on any atom is 0.224 e. The summed E-state index contributed by atoms with van der Waals surface area (Å²) in [5, 5.41) is 5.37. The molecule has 2 heterocycles. The molecule has 0 aromatic carbocycles. The quantitative estimate of drug-likeness (QED) is 0.844. The monoisotopic (exact) mass is 290 g/mol. The number of aromatic nitrogens is 2. The third-order valence-electron chi connectivity index (χ3n) is 3.09. The Labute approximate surface area is 124 Å². The second kappa shape index (κ2) is 7.24. The summed E-state index contributed by atoms with van der Waals surface area (Å²) in [5.41, 5.74) is 1.12. The van der Waals surface area contributed by atoms with Crippen LogP contribution in [0.4, 0.5) is 11.8 Å². The van der Waals surface area contributed by atoms with E-state index in [1.54, 1.807) is 11.3 Å². The van der Waals surface area contributed by atoms with Crippen molar-refractivity contribution in [3.8, 4) is 0 Å². The molecule has 0 aliphatic carbocycles. The molecule has 0 atom stereocenters. The summed E-state index contributed by atoms with van der Waals surface area (Å²) >= 11 is 1.78. The Kier molecular flexibility index (Phi) is 5.35. The fourth-order valence-corrected chi connectivity index (χ4v) is 2.72. The fourth-order valence-electron chi connectivity index (χ4n) is 2.00. The molecule has 0 unspecified atom stereocenters. The van der Waals surface area contributed by atoms with Gasteiger partial charge in [0.1, 0.15) is 5.82 Å². The number of hydrogen-bond donors (Lipinski definition) is 1. The minimum absolute atomic E-state index is 0.720. The van der Waals surface area contributed by atoms with Crippen LogP contribution < -0.4 is 10.2 Å². The zero-order chi connectivity index (χ0) is 14.4. The van der Waals surface area contributed by atoms with E-state index in [9.17, 15) is 0 Å². The maximum absolute atomic E-state index is 4.67. The third-order valence-corrected chi connectivity index (χ3v) is 3.95. The van der Waals surface area contributed by atoms with Crippen molar-refractivity contribution in [2.24, 2.45) is 0 Å². The van der Waals surface area contributed by atoms with E-state index in [4.69, 9.17) is 0 Å². The highest BCUT2D eigenvalue weighted by atomic mass is 32.1. The van der Waals surface area contributed by atoms with E-state index in [1.807, 2.05) is 6.20 Å². The lowest BCUT2D eigenvalue weighted by atomic mass is 10.3. The van der Waals surface area contributed by atoms with Gasteiger partial charge in [-0.25, -0.2) is 4.98 Å². The van der Waals surface area contributed by atoms with Crippen LogP contribution in [0, 0.1) is 6.92 Å². The molecule has 0 aliphatic rings. The van der Waals surface area contributed by atoms with Crippen molar-refractivity contribution in [2.45, 2.75) is 33.7 Å². The average Bonchev–Trinajstić information content (AvgIpc) is 2.97. The number of nitrogens with one attached hydrogen (secondary N) is 1. The van der Waals surface area contributed by atoms with Gasteiger partial charge < -0.3 is 10.2 Å². The van der Waals surface area contributed by atoms with Gasteiger partial charge in [-0.15, -0.1) is 11.3 Å². The molecule has 0 bridgehead atoms. The van der Waals surface area contributed by atoms with E-state index in [0.29, 0.717) is 0 Å². The van der Waals surface area contributed by atoms with Crippen LogP contribution in [0.25, 0.3) is 0 Å². The molecule has 2 rings (SSSR count). The smallest absolute Gasteiger partial charge is 0.224 e. The number of nitrogens with zero attached hydrogens (tertiary/aromatic N) is 3. The van der Waals surface area contributed by atoms with Gasteiger partial charge in [-0.2, -0.15) is 4.98 Å². The fraction of sp³-hybridized carbons (Fsp3) is 0.467. The molecule has 0 spiro atoms. The normalized spacial score (nSPS) is 10.6. The van der Waals surface area contributed by atoms with Crippen LogP contribution in [0.3, 0.4) is 0 Å². The number of rotatable bonds is 7. The topological polar surface area (TPSA) is 41.1 Å². The molecule has 108 valence electrons. The van der Waals surface area contributed by atoms with Crippen molar-refractivity contribution in [3.05, 3.63) is 34.2 Å². The molecule has 0 fully saturated rings. The second-order valence-corrected chi connectivity index (χ2v) is 5.75. The van der Waals surface area contributed by atoms with Crippen LogP contribution >= 0.6 is 11.3 Å². The highest BCUT2D eigenvalue weighted by molar-refractivity contribution is 7.09. The lowest BCUT2D eigenvalue weighted by Crippen LogP contribution is -2.24. The molecule has 0 amide bonds. The SMILES string of the molecule is CCCNc1ncc(C)c(N(CC)Cc2cccs2)n1. The summed E-state index contributed by atoms with van der Waals surface area (Å²) in [6.07, 6.45) is 2.97. The van der Waals surface area contributed by atoms with Crippen molar-refractivity contribution in [1.82, 2.24) is 9.97 Å². The van der Waals surface area contributed by atoms with Gasteiger partial charge in [-0.1, -0.05) is 13.0 Å². The van der Waals surface area contributed by atoms with E-state index in [-0.39, 0.29) is 0 Å². The van der Waals surface area contributed by atoms with Crippen LogP contribution in [0.15, 0.2) is 23.7 Å².